The maximum atomic E-state index is 14.1. The molecule has 2 unspecified atom stereocenters. The van der Waals surface area contributed by atoms with Crippen LogP contribution in [0.15, 0.2) is 48.5 Å². The maximum absolute atomic E-state index is 14.1. The minimum Gasteiger partial charge on any atom is -0.497 e. The summed E-state index contributed by atoms with van der Waals surface area (Å²) in [7, 11) is 1.49. The van der Waals surface area contributed by atoms with Crippen LogP contribution in [0.25, 0.3) is 0 Å². The van der Waals surface area contributed by atoms with E-state index in [0.717, 1.165) is 12.0 Å². The molecule has 3 heteroatoms. The summed E-state index contributed by atoms with van der Waals surface area (Å²) < 4.78 is 19.0. The Labute approximate surface area is 118 Å². The maximum Gasteiger partial charge on any atom is 0.132 e. The van der Waals surface area contributed by atoms with E-state index in [1.54, 1.807) is 12.1 Å². The summed E-state index contributed by atoms with van der Waals surface area (Å²) >= 11 is 0. The van der Waals surface area contributed by atoms with E-state index in [1.165, 1.54) is 13.2 Å². The van der Waals surface area contributed by atoms with Crippen molar-refractivity contribution in [3.05, 3.63) is 65.5 Å². The van der Waals surface area contributed by atoms with Crippen molar-refractivity contribution in [3.8, 4) is 5.75 Å². The molecule has 20 heavy (non-hydrogen) atoms. The Hall–Kier alpha value is -1.87. The van der Waals surface area contributed by atoms with Crippen LogP contribution in [-0.2, 0) is 0 Å². The number of hydrogen-bond donors (Lipinski definition) is 1. The first-order chi connectivity index (χ1) is 9.67. The van der Waals surface area contributed by atoms with Crippen molar-refractivity contribution in [2.75, 3.05) is 7.11 Å². The molecule has 0 aromatic heterocycles. The van der Waals surface area contributed by atoms with Gasteiger partial charge in [0.15, 0.2) is 0 Å². The zero-order valence-corrected chi connectivity index (χ0v) is 11.7. The Kier molecular flexibility index (Phi) is 4.74. The molecule has 1 N–H and O–H groups in total. The normalized spacial score (nSPS) is 13.8. The highest BCUT2D eigenvalue weighted by Gasteiger charge is 2.23. The molecular weight excluding hydrogens is 255 g/mol. The van der Waals surface area contributed by atoms with Crippen LogP contribution in [0.2, 0.25) is 0 Å². The number of rotatable bonds is 5. The van der Waals surface area contributed by atoms with E-state index in [1.807, 2.05) is 37.3 Å². The van der Waals surface area contributed by atoms with E-state index >= 15 is 0 Å². The number of aliphatic hydroxyl groups excluding tert-OH is 1. The SMILES string of the molecule is CCC(c1ccccc1)C(O)c1ccc(OC)cc1F. The minimum atomic E-state index is -0.867. The second-order valence-corrected chi connectivity index (χ2v) is 4.76. The summed E-state index contributed by atoms with van der Waals surface area (Å²) in [4.78, 5) is 0. The lowest BCUT2D eigenvalue weighted by atomic mass is 9.87. The summed E-state index contributed by atoms with van der Waals surface area (Å²) in [6, 6.07) is 14.2. The first-order valence-corrected chi connectivity index (χ1v) is 6.73. The Balaban J connectivity index is 2.31. The van der Waals surface area contributed by atoms with Gasteiger partial charge in [0, 0.05) is 17.5 Å². The molecule has 2 aromatic rings. The summed E-state index contributed by atoms with van der Waals surface area (Å²) in [6.07, 6.45) is -0.135. The molecule has 0 aliphatic heterocycles. The van der Waals surface area contributed by atoms with Crippen molar-refractivity contribution in [1.82, 2.24) is 0 Å². The predicted octanol–water partition coefficient (Wildman–Crippen LogP) is 4.06. The van der Waals surface area contributed by atoms with Gasteiger partial charge in [0.25, 0.3) is 0 Å². The number of benzene rings is 2. The summed E-state index contributed by atoms with van der Waals surface area (Å²) in [5.41, 5.74) is 1.32. The quantitative estimate of drug-likeness (QED) is 0.891. The third-order valence-electron chi connectivity index (χ3n) is 3.57. The first kappa shape index (κ1) is 14.5. The molecule has 0 heterocycles. The average Bonchev–Trinajstić information content (AvgIpc) is 2.48. The van der Waals surface area contributed by atoms with Crippen LogP contribution in [-0.4, -0.2) is 12.2 Å². The molecule has 106 valence electrons. The van der Waals surface area contributed by atoms with E-state index in [0.29, 0.717) is 11.3 Å². The van der Waals surface area contributed by atoms with Crippen molar-refractivity contribution in [3.63, 3.8) is 0 Å². The number of halogens is 1. The Morgan fingerprint density at radius 2 is 1.85 bits per heavy atom. The van der Waals surface area contributed by atoms with Crippen molar-refractivity contribution in [2.24, 2.45) is 0 Å². The van der Waals surface area contributed by atoms with Gasteiger partial charge in [-0.2, -0.15) is 0 Å². The number of methoxy groups -OCH3 is 1. The van der Waals surface area contributed by atoms with Gasteiger partial charge in [-0.15, -0.1) is 0 Å². The fourth-order valence-electron chi connectivity index (χ4n) is 2.43. The molecule has 0 fully saturated rings. The predicted molar refractivity (Wildman–Crippen MR) is 77.4 cm³/mol. The Bertz CT molecular complexity index is 554. The van der Waals surface area contributed by atoms with Crippen LogP contribution in [0.3, 0.4) is 0 Å². The van der Waals surface area contributed by atoms with Crippen molar-refractivity contribution in [2.45, 2.75) is 25.4 Å². The van der Waals surface area contributed by atoms with E-state index in [2.05, 4.69) is 0 Å². The van der Waals surface area contributed by atoms with Crippen LogP contribution >= 0.6 is 0 Å². The number of ether oxygens (including phenoxy) is 1. The van der Waals surface area contributed by atoms with Gasteiger partial charge in [-0.25, -0.2) is 4.39 Å². The molecule has 0 saturated carbocycles. The highest BCUT2D eigenvalue weighted by Crippen LogP contribution is 2.35. The van der Waals surface area contributed by atoms with Gasteiger partial charge in [-0.05, 0) is 24.1 Å². The van der Waals surface area contributed by atoms with Gasteiger partial charge in [-0.3, -0.25) is 0 Å². The van der Waals surface area contributed by atoms with Gasteiger partial charge >= 0.3 is 0 Å². The van der Waals surface area contributed by atoms with E-state index in [9.17, 15) is 9.50 Å². The van der Waals surface area contributed by atoms with Crippen LogP contribution in [0.5, 0.6) is 5.75 Å². The van der Waals surface area contributed by atoms with Gasteiger partial charge in [0.05, 0.1) is 13.2 Å². The molecule has 0 amide bonds. The second-order valence-electron chi connectivity index (χ2n) is 4.76. The van der Waals surface area contributed by atoms with Gasteiger partial charge < -0.3 is 9.84 Å². The molecule has 2 nitrogen and oxygen atoms in total. The van der Waals surface area contributed by atoms with Crippen LogP contribution < -0.4 is 4.74 Å². The van der Waals surface area contributed by atoms with Gasteiger partial charge in [0.2, 0.25) is 0 Å². The van der Waals surface area contributed by atoms with Crippen molar-refractivity contribution in [1.29, 1.82) is 0 Å². The third kappa shape index (κ3) is 2.99. The molecule has 0 aliphatic rings. The summed E-state index contributed by atoms with van der Waals surface area (Å²) in [5, 5.41) is 10.5. The molecule has 0 aliphatic carbocycles. The fourth-order valence-corrected chi connectivity index (χ4v) is 2.43. The largest absolute Gasteiger partial charge is 0.497 e. The lowest BCUT2D eigenvalue weighted by Crippen LogP contribution is -2.12. The fraction of sp³-hybridized carbons (Fsp3) is 0.294. The van der Waals surface area contributed by atoms with Crippen LogP contribution in [0.4, 0.5) is 4.39 Å². The van der Waals surface area contributed by atoms with Crippen LogP contribution in [0.1, 0.15) is 36.5 Å². The molecule has 2 rings (SSSR count). The van der Waals surface area contributed by atoms with Gasteiger partial charge in [0.1, 0.15) is 11.6 Å². The number of aliphatic hydroxyl groups is 1. The molecule has 0 bridgehead atoms. The first-order valence-electron chi connectivity index (χ1n) is 6.73. The number of hydrogen-bond acceptors (Lipinski definition) is 2. The molecule has 0 radical (unpaired) electrons. The minimum absolute atomic E-state index is 0.126. The second kappa shape index (κ2) is 6.53. The summed E-state index contributed by atoms with van der Waals surface area (Å²) in [6.45, 7) is 1.99. The Morgan fingerprint density at radius 3 is 2.40 bits per heavy atom. The van der Waals surface area contributed by atoms with Crippen molar-refractivity contribution >= 4 is 0 Å². The topological polar surface area (TPSA) is 29.5 Å². The average molecular weight is 274 g/mol. The van der Waals surface area contributed by atoms with Crippen LogP contribution in [0, 0.1) is 5.82 Å². The highest BCUT2D eigenvalue weighted by atomic mass is 19.1. The lowest BCUT2D eigenvalue weighted by molar-refractivity contribution is 0.138. The molecule has 2 atom stereocenters. The van der Waals surface area contributed by atoms with E-state index in [-0.39, 0.29) is 5.92 Å². The lowest BCUT2D eigenvalue weighted by Gasteiger charge is -2.23. The molecule has 0 saturated heterocycles. The highest BCUT2D eigenvalue weighted by molar-refractivity contribution is 5.33. The smallest absolute Gasteiger partial charge is 0.132 e. The van der Waals surface area contributed by atoms with Gasteiger partial charge in [-0.1, -0.05) is 37.3 Å². The third-order valence-corrected chi connectivity index (χ3v) is 3.57. The zero-order chi connectivity index (χ0) is 14.5. The molecule has 2 aromatic carbocycles. The van der Waals surface area contributed by atoms with Crippen molar-refractivity contribution < 1.29 is 14.2 Å². The Morgan fingerprint density at radius 1 is 1.15 bits per heavy atom. The molecule has 0 spiro atoms. The zero-order valence-electron chi connectivity index (χ0n) is 11.7. The monoisotopic (exact) mass is 274 g/mol. The summed E-state index contributed by atoms with van der Waals surface area (Å²) in [5.74, 6) is -0.114. The van der Waals surface area contributed by atoms with E-state index < -0.39 is 11.9 Å². The standard InChI is InChI=1S/C17H19FO2/c1-3-14(12-7-5-4-6-8-12)17(19)15-10-9-13(20-2)11-16(15)18/h4-11,14,17,19H,3H2,1-2H3. The van der Waals surface area contributed by atoms with E-state index in [4.69, 9.17) is 4.74 Å². The molecular formula is C17H19FO2.